The van der Waals surface area contributed by atoms with E-state index in [0.29, 0.717) is 5.57 Å². The lowest BCUT2D eigenvalue weighted by Gasteiger charge is -1.81. The molecule has 9 heavy (non-hydrogen) atoms. The molecular weight excluding hydrogens is 116 g/mol. The van der Waals surface area contributed by atoms with Crippen molar-refractivity contribution >= 4 is 5.91 Å². The zero-order chi connectivity index (χ0) is 7.86. The van der Waals surface area contributed by atoms with Crippen molar-refractivity contribution in [3.05, 3.63) is 12.2 Å². The third-order valence-corrected chi connectivity index (χ3v) is 0.421. The van der Waals surface area contributed by atoms with Gasteiger partial charge in [0.25, 0.3) is 0 Å². The molecule has 0 radical (unpaired) electrons. The van der Waals surface area contributed by atoms with Crippen molar-refractivity contribution in [2.75, 3.05) is 14.1 Å². The Kier molecular flexibility index (Phi) is 8.79. The second-order valence-corrected chi connectivity index (χ2v) is 1.64. The Bertz CT molecular complexity index is 87.2. The maximum atomic E-state index is 9.82. The minimum atomic E-state index is -0.435. The van der Waals surface area contributed by atoms with Crippen LogP contribution in [0, 0.1) is 0 Å². The van der Waals surface area contributed by atoms with E-state index < -0.39 is 5.91 Å². The Morgan fingerprint density at radius 3 is 1.67 bits per heavy atom. The fourth-order valence-electron chi connectivity index (χ4n) is 0. The van der Waals surface area contributed by atoms with Crippen LogP contribution in [0.3, 0.4) is 0 Å². The quantitative estimate of drug-likeness (QED) is 0.486. The van der Waals surface area contributed by atoms with Crippen LogP contribution in [0.15, 0.2) is 12.2 Å². The van der Waals surface area contributed by atoms with Gasteiger partial charge in [0.1, 0.15) is 0 Å². The van der Waals surface area contributed by atoms with E-state index in [1.807, 2.05) is 14.1 Å². The number of primary amides is 1. The molecule has 0 bridgehead atoms. The fraction of sp³-hybridized carbons (Fsp3) is 0.500. The number of carbonyl (C=O) groups excluding carboxylic acids is 1. The van der Waals surface area contributed by atoms with Crippen molar-refractivity contribution in [3.8, 4) is 0 Å². The largest absolute Gasteiger partial charge is 0.366 e. The molecule has 0 aromatic rings. The first kappa shape index (κ1) is 11.0. The van der Waals surface area contributed by atoms with Gasteiger partial charge in [-0.05, 0) is 21.0 Å². The smallest absolute Gasteiger partial charge is 0.243 e. The number of nitrogens with one attached hydrogen (secondary N) is 1. The molecule has 0 fully saturated rings. The SMILES string of the molecule is C=C(C)C(N)=O.CNC. The van der Waals surface area contributed by atoms with Crippen LogP contribution in [0.4, 0.5) is 0 Å². The van der Waals surface area contributed by atoms with E-state index in [4.69, 9.17) is 5.73 Å². The van der Waals surface area contributed by atoms with Crippen LogP contribution < -0.4 is 11.1 Å². The van der Waals surface area contributed by atoms with Gasteiger partial charge in [0.15, 0.2) is 0 Å². The first-order chi connectivity index (χ1) is 4.06. The normalized spacial score (nSPS) is 7.00. The van der Waals surface area contributed by atoms with Gasteiger partial charge >= 0.3 is 0 Å². The van der Waals surface area contributed by atoms with Crippen LogP contribution in [-0.2, 0) is 4.79 Å². The van der Waals surface area contributed by atoms with E-state index in [1.54, 1.807) is 6.92 Å². The van der Waals surface area contributed by atoms with Gasteiger partial charge in [-0.25, -0.2) is 0 Å². The van der Waals surface area contributed by atoms with Crippen molar-refractivity contribution in [2.24, 2.45) is 5.73 Å². The van der Waals surface area contributed by atoms with Gasteiger partial charge in [-0.2, -0.15) is 0 Å². The van der Waals surface area contributed by atoms with E-state index in [0.717, 1.165) is 0 Å². The van der Waals surface area contributed by atoms with Gasteiger partial charge in [-0.1, -0.05) is 6.58 Å². The molecule has 0 heterocycles. The first-order valence-electron chi connectivity index (χ1n) is 2.60. The minimum Gasteiger partial charge on any atom is -0.366 e. The highest BCUT2D eigenvalue weighted by Crippen LogP contribution is 1.78. The summed E-state index contributed by atoms with van der Waals surface area (Å²) in [5.41, 5.74) is 5.09. The molecule has 3 N–H and O–H groups in total. The van der Waals surface area contributed by atoms with Crippen molar-refractivity contribution in [3.63, 3.8) is 0 Å². The lowest BCUT2D eigenvalue weighted by molar-refractivity contribution is -0.114. The Balaban J connectivity index is 0. The molecule has 1 amide bonds. The topological polar surface area (TPSA) is 55.1 Å². The van der Waals surface area contributed by atoms with Crippen LogP contribution in [0.5, 0.6) is 0 Å². The van der Waals surface area contributed by atoms with E-state index in [2.05, 4.69) is 11.9 Å². The van der Waals surface area contributed by atoms with E-state index in [9.17, 15) is 4.79 Å². The predicted octanol–water partition coefficient (Wildman–Crippen LogP) is -0.117. The molecule has 0 saturated heterocycles. The summed E-state index contributed by atoms with van der Waals surface area (Å²) in [5, 5.41) is 2.75. The molecule has 0 aromatic heterocycles. The molecule has 0 unspecified atom stereocenters. The molecule has 3 heteroatoms. The predicted molar refractivity (Wildman–Crippen MR) is 39.0 cm³/mol. The molecule has 0 rings (SSSR count). The third kappa shape index (κ3) is 19.1. The third-order valence-electron chi connectivity index (χ3n) is 0.421. The molecule has 0 aromatic carbocycles. The van der Waals surface area contributed by atoms with Crippen molar-refractivity contribution in [2.45, 2.75) is 6.92 Å². The first-order valence-corrected chi connectivity index (χ1v) is 2.60. The number of amides is 1. The van der Waals surface area contributed by atoms with Crippen molar-refractivity contribution < 1.29 is 4.79 Å². The van der Waals surface area contributed by atoms with Crippen LogP contribution in [0.1, 0.15) is 6.92 Å². The van der Waals surface area contributed by atoms with Gasteiger partial charge in [0, 0.05) is 5.57 Å². The van der Waals surface area contributed by atoms with E-state index in [1.165, 1.54) is 0 Å². The Morgan fingerprint density at radius 1 is 1.56 bits per heavy atom. The summed E-state index contributed by atoms with van der Waals surface area (Å²) >= 11 is 0. The number of rotatable bonds is 1. The molecule has 0 aliphatic heterocycles. The van der Waals surface area contributed by atoms with Crippen molar-refractivity contribution in [1.82, 2.24) is 5.32 Å². The highest BCUT2D eigenvalue weighted by atomic mass is 16.1. The van der Waals surface area contributed by atoms with Gasteiger partial charge in [-0.15, -0.1) is 0 Å². The summed E-state index contributed by atoms with van der Waals surface area (Å²) in [5.74, 6) is -0.435. The minimum absolute atomic E-state index is 0.398. The Hall–Kier alpha value is -0.830. The number of nitrogens with two attached hydrogens (primary N) is 1. The molecule has 0 saturated carbocycles. The second-order valence-electron chi connectivity index (χ2n) is 1.64. The Morgan fingerprint density at radius 2 is 1.67 bits per heavy atom. The summed E-state index contributed by atoms with van der Waals surface area (Å²) in [6.45, 7) is 4.85. The zero-order valence-corrected chi connectivity index (χ0v) is 6.19. The van der Waals surface area contributed by atoms with Crippen molar-refractivity contribution in [1.29, 1.82) is 0 Å². The lowest BCUT2D eigenvalue weighted by atomic mass is 10.3. The molecule has 0 spiro atoms. The van der Waals surface area contributed by atoms with Gasteiger partial charge in [-0.3, -0.25) is 4.79 Å². The fourth-order valence-corrected chi connectivity index (χ4v) is 0. The molecule has 0 aliphatic rings. The molecule has 54 valence electrons. The standard InChI is InChI=1S/C4H7NO.C2H7N/c1-3(2)4(5)6;1-3-2/h1H2,2H3,(H2,5,6);3H,1-2H3. The average molecular weight is 130 g/mol. The number of hydrogen-bond acceptors (Lipinski definition) is 2. The molecule has 0 aliphatic carbocycles. The van der Waals surface area contributed by atoms with Crippen LogP contribution >= 0.6 is 0 Å². The summed E-state index contributed by atoms with van der Waals surface area (Å²) in [4.78, 5) is 9.82. The summed E-state index contributed by atoms with van der Waals surface area (Å²) < 4.78 is 0. The Labute approximate surface area is 55.9 Å². The highest BCUT2D eigenvalue weighted by molar-refractivity contribution is 5.90. The summed E-state index contributed by atoms with van der Waals surface area (Å²) in [7, 11) is 3.75. The summed E-state index contributed by atoms with van der Waals surface area (Å²) in [6, 6.07) is 0. The molecular formula is C6H14N2O. The number of hydrogen-bond donors (Lipinski definition) is 2. The van der Waals surface area contributed by atoms with Gasteiger partial charge in [0.05, 0.1) is 0 Å². The lowest BCUT2D eigenvalue weighted by Crippen LogP contribution is -2.10. The molecule has 3 nitrogen and oxygen atoms in total. The highest BCUT2D eigenvalue weighted by Gasteiger charge is 1.86. The summed E-state index contributed by atoms with van der Waals surface area (Å²) in [6.07, 6.45) is 0. The molecule has 0 atom stereocenters. The number of carbonyl (C=O) groups is 1. The monoisotopic (exact) mass is 130 g/mol. The van der Waals surface area contributed by atoms with Crippen LogP contribution in [-0.4, -0.2) is 20.0 Å². The zero-order valence-electron chi connectivity index (χ0n) is 6.19. The maximum absolute atomic E-state index is 9.82. The van der Waals surface area contributed by atoms with Gasteiger partial charge < -0.3 is 11.1 Å². The van der Waals surface area contributed by atoms with E-state index in [-0.39, 0.29) is 0 Å². The van der Waals surface area contributed by atoms with E-state index >= 15 is 0 Å². The van der Waals surface area contributed by atoms with Gasteiger partial charge in [0.2, 0.25) is 5.91 Å². The second kappa shape index (κ2) is 7.17. The van der Waals surface area contributed by atoms with Crippen LogP contribution in [0.25, 0.3) is 0 Å². The maximum Gasteiger partial charge on any atom is 0.243 e. The average Bonchev–Trinajstić information content (AvgIpc) is 1.68. The van der Waals surface area contributed by atoms with Crippen LogP contribution in [0.2, 0.25) is 0 Å².